The molecule has 0 saturated carbocycles. The predicted molar refractivity (Wildman–Crippen MR) is 116 cm³/mol. The minimum Gasteiger partial charge on any atom is -0.378 e. The third kappa shape index (κ3) is 4.69. The highest BCUT2D eigenvalue weighted by Crippen LogP contribution is 2.22. The second kappa shape index (κ2) is 9.28. The first-order valence-corrected chi connectivity index (χ1v) is 9.83. The summed E-state index contributed by atoms with van der Waals surface area (Å²) in [4.78, 5) is 27.1. The molecule has 1 amide bonds. The zero-order valence-corrected chi connectivity index (χ0v) is 16.8. The van der Waals surface area contributed by atoms with Gasteiger partial charge in [-0.25, -0.2) is 15.0 Å². The molecular weight excluding hydrogens is 378 g/mol. The molecule has 0 bridgehead atoms. The zero-order valence-electron chi connectivity index (χ0n) is 16.8. The molecule has 1 saturated heterocycles. The molecular formula is C23H23N5O2. The lowest BCUT2D eigenvalue weighted by atomic mass is 10.0. The molecule has 0 aliphatic carbocycles. The van der Waals surface area contributed by atoms with Crippen LogP contribution >= 0.6 is 0 Å². The lowest BCUT2D eigenvalue weighted by Gasteiger charge is -2.27. The molecule has 7 heteroatoms. The van der Waals surface area contributed by atoms with E-state index in [1.165, 1.54) is 6.33 Å². The summed E-state index contributed by atoms with van der Waals surface area (Å²) in [6.45, 7) is 4.43. The highest BCUT2D eigenvalue weighted by molar-refractivity contribution is 5.95. The molecule has 4 rings (SSSR count). The van der Waals surface area contributed by atoms with Crippen molar-refractivity contribution >= 4 is 17.3 Å². The Morgan fingerprint density at radius 3 is 2.57 bits per heavy atom. The fraction of sp³-hybridized carbons (Fsp3) is 0.217. The maximum absolute atomic E-state index is 12.7. The number of aromatic nitrogens is 3. The van der Waals surface area contributed by atoms with Gasteiger partial charge in [0.15, 0.2) is 0 Å². The summed E-state index contributed by atoms with van der Waals surface area (Å²) in [5.41, 5.74) is 4.55. The third-order valence-corrected chi connectivity index (χ3v) is 4.96. The Morgan fingerprint density at radius 1 is 1.03 bits per heavy atom. The van der Waals surface area contributed by atoms with Crippen LogP contribution in [0, 0.1) is 0 Å². The SMILES string of the molecule is C/C(=C\Nc1ccc(-c2cccc(C(=O)N3CCOCC3)c2)cn1)c1cncnc1. The van der Waals surface area contributed by atoms with Gasteiger partial charge in [-0.2, -0.15) is 0 Å². The number of rotatable bonds is 5. The molecule has 30 heavy (non-hydrogen) atoms. The van der Waals surface area contributed by atoms with E-state index >= 15 is 0 Å². The summed E-state index contributed by atoms with van der Waals surface area (Å²) in [6, 6.07) is 11.6. The van der Waals surface area contributed by atoms with E-state index in [4.69, 9.17) is 4.74 Å². The van der Waals surface area contributed by atoms with E-state index in [1.54, 1.807) is 18.6 Å². The number of pyridine rings is 1. The van der Waals surface area contributed by atoms with Crippen LogP contribution in [0.25, 0.3) is 16.7 Å². The molecule has 1 aliphatic heterocycles. The van der Waals surface area contributed by atoms with Gasteiger partial charge in [0, 0.05) is 54.6 Å². The van der Waals surface area contributed by atoms with Gasteiger partial charge in [0.25, 0.3) is 5.91 Å². The zero-order chi connectivity index (χ0) is 20.8. The van der Waals surface area contributed by atoms with Gasteiger partial charge < -0.3 is 15.0 Å². The predicted octanol–water partition coefficient (Wildman–Crippen LogP) is 3.48. The Labute approximate surface area is 175 Å². The molecule has 0 atom stereocenters. The number of amides is 1. The largest absolute Gasteiger partial charge is 0.378 e. The number of nitrogens with zero attached hydrogens (tertiary/aromatic N) is 4. The van der Waals surface area contributed by atoms with Crippen LogP contribution in [0.15, 0.2) is 67.5 Å². The number of hydrogen-bond acceptors (Lipinski definition) is 6. The lowest BCUT2D eigenvalue weighted by Crippen LogP contribution is -2.40. The van der Waals surface area contributed by atoms with Crippen molar-refractivity contribution in [3.63, 3.8) is 0 Å². The van der Waals surface area contributed by atoms with Crippen molar-refractivity contribution in [2.24, 2.45) is 0 Å². The molecule has 1 N–H and O–H groups in total. The van der Waals surface area contributed by atoms with Gasteiger partial charge >= 0.3 is 0 Å². The number of morpholine rings is 1. The number of nitrogens with one attached hydrogen (secondary N) is 1. The minimum absolute atomic E-state index is 0.0388. The maximum atomic E-state index is 12.7. The van der Waals surface area contributed by atoms with Crippen LogP contribution in [-0.2, 0) is 4.74 Å². The second-order valence-corrected chi connectivity index (χ2v) is 7.02. The number of allylic oxidation sites excluding steroid dienone is 1. The molecule has 1 fully saturated rings. The van der Waals surface area contributed by atoms with E-state index in [0.717, 1.165) is 28.1 Å². The van der Waals surface area contributed by atoms with Gasteiger partial charge in [-0.3, -0.25) is 4.79 Å². The fourth-order valence-corrected chi connectivity index (χ4v) is 3.20. The molecule has 1 aromatic carbocycles. The lowest BCUT2D eigenvalue weighted by molar-refractivity contribution is 0.0303. The van der Waals surface area contributed by atoms with Crippen molar-refractivity contribution in [3.05, 3.63) is 78.6 Å². The molecule has 3 heterocycles. The molecule has 0 unspecified atom stereocenters. The summed E-state index contributed by atoms with van der Waals surface area (Å²) in [7, 11) is 0. The Morgan fingerprint density at radius 2 is 1.83 bits per heavy atom. The van der Waals surface area contributed by atoms with Crippen LogP contribution in [0.4, 0.5) is 5.82 Å². The van der Waals surface area contributed by atoms with Crippen LogP contribution in [-0.4, -0.2) is 52.1 Å². The molecule has 3 aromatic rings. The number of ether oxygens (including phenoxy) is 1. The van der Waals surface area contributed by atoms with Crippen LogP contribution in [0.2, 0.25) is 0 Å². The average Bonchev–Trinajstić information content (AvgIpc) is 2.83. The molecule has 1 aliphatic rings. The highest BCUT2D eigenvalue weighted by atomic mass is 16.5. The van der Waals surface area contributed by atoms with E-state index in [0.29, 0.717) is 31.9 Å². The quantitative estimate of drug-likeness (QED) is 0.705. The summed E-state index contributed by atoms with van der Waals surface area (Å²) >= 11 is 0. The number of carbonyl (C=O) groups excluding carboxylic acids is 1. The Hall–Kier alpha value is -3.58. The van der Waals surface area contributed by atoms with Gasteiger partial charge in [-0.05, 0) is 42.3 Å². The highest BCUT2D eigenvalue weighted by Gasteiger charge is 2.18. The second-order valence-electron chi connectivity index (χ2n) is 7.02. The van der Waals surface area contributed by atoms with E-state index in [2.05, 4.69) is 20.3 Å². The van der Waals surface area contributed by atoms with E-state index in [1.807, 2.05) is 54.4 Å². The van der Waals surface area contributed by atoms with Gasteiger partial charge in [-0.1, -0.05) is 12.1 Å². The maximum Gasteiger partial charge on any atom is 0.254 e. The number of anilines is 1. The molecule has 0 radical (unpaired) electrons. The van der Waals surface area contributed by atoms with Crippen LogP contribution < -0.4 is 5.32 Å². The molecule has 7 nitrogen and oxygen atoms in total. The van der Waals surface area contributed by atoms with Crippen LogP contribution in [0.5, 0.6) is 0 Å². The fourth-order valence-electron chi connectivity index (χ4n) is 3.20. The Balaban J connectivity index is 1.46. The van der Waals surface area contributed by atoms with E-state index in [9.17, 15) is 4.79 Å². The normalized spacial score (nSPS) is 14.4. The van der Waals surface area contributed by atoms with Crippen molar-refractivity contribution in [2.75, 3.05) is 31.6 Å². The van der Waals surface area contributed by atoms with E-state index in [-0.39, 0.29) is 5.91 Å². The van der Waals surface area contributed by atoms with Crippen molar-refractivity contribution in [3.8, 4) is 11.1 Å². The topological polar surface area (TPSA) is 80.2 Å². The first kappa shape index (κ1) is 19.7. The van der Waals surface area contributed by atoms with Crippen molar-refractivity contribution in [1.29, 1.82) is 0 Å². The monoisotopic (exact) mass is 401 g/mol. The number of hydrogen-bond donors (Lipinski definition) is 1. The summed E-state index contributed by atoms with van der Waals surface area (Å²) in [6.07, 6.45) is 8.72. The summed E-state index contributed by atoms with van der Waals surface area (Å²) in [5, 5.41) is 3.19. The standard InChI is InChI=1S/C23H23N5O2/c1-17(21-13-24-16-25-14-21)12-26-22-6-5-20(15-27-22)18-3-2-4-19(11-18)23(29)28-7-9-30-10-8-28/h2-6,11-16H,7-10H2,1H3,(H,26,27)/b17-12+. The summed E-state index contributed by atoms with van der Waals surface area (Å²) in [5.74, 6) is 0.771. The first-order chi connectivity index (χ1) is 14.7. The van der Waals surface area contributed by atoms with Gasteiger partial charge in [0.05, 0.1) is 13.2 Å². The number of benzene rings is 1. The molecule has 0 spiro atoms. The third-order valence-electron chi connectivity index (χ3n) is 4.96. The van der Waals surface area contributed by atoms with Crippen molar-refractivity contribution in [2.45, 2.75) is 6.92 Å². The van der Waals surface area contributed by atoms with Crippen molar-refractivity contribution in [1.82, 2.24) is 19.9 Å². The molecule has 2 aromatic heterocycles. The summed E-state index contributed by atoms with van der Waals surface area (Å²) < 4.78 is 5.33. The van der Waals surface area contributed by atoms with Gasteiger partial charge in [0.2, 0.25) is 0 Å². The van der Waals surface area contributed by atoms with Gasteiger partial charge in [-0.15, -0.1) is 0 Å². The Bertz CT molecular complexity index is 1030. The minimum atomic E-state index is 0.0388. The van der Waals surface area contributed by atoms with E-state index < -0.39 is 0 Å². The first-order valence-electron chi connectivity index (χ1n) is 9.83. The van der Waals surface area contributed by atoms with Gasteiger partial charge in [0.1, 0.15) is 12.1 Å². The van der Waals surface area contributed by atoms with Crippen LogP contribution in [0.1, 0.15) is 22.8 Å². The smallest absolute Gasteiger partial charge is 0.254 e. The average molecular weight is 401 g/mol. The number of carbonyl (C=O) groups is 1. The Kier molecular flexibility index (Phi) is 6.10. The van der Waals surface area contributed by atoms with Crippen LogP contribution in [0.3, 0.4) is 0 Å². The molecule has 152 valence electrons. The van der Waals surface area contributed by atoms with Crippen molar-refractivity contribution < 1.29 is 9.53 Å².